The lowest BCUT2D eigenvalue weighted by molar-refractivity contribution is -0.122. The van der Waals surface area contributed by atoms with Gasteiger partial charge < -0.3 is 25.7 Å². The quantitative estimate of drug-likeness (QED) is 0.456. The third kappa shape index (κ3) is 3.59. The Hall–Kier alpha value is -2.91. The third-order valence-electron chi connectivity index (χ3n) is 7.07. The van der Waals surface area contributed by atoms with Crippen LogP contribution in [-0.2, 0) is 9.53 Å². The molecule has 9 heteroatoms. The van der Waals surface area contributed by atoms with E-state index < -0.39 is 0 Å². The van der Waals surface area contributed by atoms with Gasteiger partial charge in [-0.1, -0.05) is 24.3 Å². The van der Waals surface area contributed by atoms with Gasteiger partial charge in [0.25, 0.3) is 0 Å². The number of halogens is 1. The molecule has 1 amide bonds. The molecule has 1 aliphatic heterocycles. The Morgan fingerprint density at radius 1 is 1.24 bits per heavy atom. The van der Waals surface area contributed by atoms with Gasteiger partial charge in [-0.3, -0.25) is 4.79 Å². The molecule has 8 nitrogen and oxygen atoms in total. The number of nitrogens with two attached hydrogens (primary N) is 1. The zero-order chi connectivity index (χ0) is 22.5. The van der Waals surface area contributed by atoms with E-state index in [-0.39, 0.29) is 29.7 Å². The van der Waals surface area contributed by atoms with Crippen LogP contribution in [0.25, 0.3) is 22.6 Å². The largest absolute Gasteiger partial charge is 0.378 e. The predicted octanol–water partition coefficient (Wildman–Crippen LogP) is 3.31. The highest BCUT2D eigenvalue weighted by atomic mass is 79.9. The molecule has 1 aromatic carbocycles. The smallest absolute Gasteiger partial charge is 0.223 e. The maximum atomic E-state index is 12.2. The summed E-state index contributed by atoms with van der Waals surface area (Å²) in [5, 5.41) is 3.61. The van der Waals surface area contributed by atoms with Gasteiger partial charge in [0, 0.05) is 36.6 Å². The number of primary amides is 1. The number of carbonyl (C=O) groups is 1. The second-order valence-corrected chi connectivity index (χ2v) is 9.82. The summed E-state index contributed by atoms with van der Waals surface area (Å²) in [5.74, 6) is 0.781. The molecule has 2 aliphatic carbocycles. The Morgan fingerprint density at radius 2 is 2.06 bits per heavy atom. The van der Waals surface area contributed by atoms with Crippen molar-refractivity contribution in [3.8, 4) is 11.4 Å². The summed E-state index contributed by atoms with van der Waals surface area (Å²) in [5.41, 5.74) is 10.2. The summed E-state index contributed by atoms with van der Waals surface area (Å²) < 4.78 is 6.30. The standard InChI is InChI=1S/C24H25BrN6O2/c25-17-12-27-24-21(20(17)28-19-14-5-4-13(10-14)18(19)22(26)32)29-23(30-24)15-2-1-3-16(11-15)31-6-8-33-9-7-31/h1-5,11-14,18-19H,6-10H2,(H2,26,32)(H2,27,28,29,30)/t13-,14+,18+,19-/m1/s1. The van der Waals surface area contributed by atoms with Gasteiger partial charge in [0.1, 0.15) is 11.3 Å². The number of aromatic amines is 1. The van der Waals surface area contributed by atoms with Gasteiger partial charge in [-0.2, -0.15) is 0 Å². The van der Waals surface area contributed by atoms with Gasteiger partial charge in [-0.05, 0) is 46.3 Å². The van der Waals surface area contributed by atoms with E-state index >= 15 is 0 Å². The number of amides is 1. The van der Waals surface area contributed by atoms with Crippen LogP contribution in [0.3, 0.4) is 0 Å². The van der Waals surface area contributed by atoms with Crippen molar-refractivity contribution in [3.05, 3.63) is 47.1 Å². The van der Waals surface area contributed by atoms with E-state index in [1.54, 1.807) is 6.20 Å². The molecule has 3 heterocycles. The van der Waals surface area contributed by atoms with E-state index in [9.17, 15) is 4.79 Å². The van der Waals surface area contributed by atoms with Crippen LogP contribution >= 0.6 is 15.9 Å². The van der Waals surface area contributed by atoms with Gasteiger partial charge in [0.05, 0.1) is 29.3 Å². The normalized spacial score (nSPS) is 26.3. The molecule has 3 aromatic rings. The topological polar surface area (TPSA) is 109 Å². The maximum Gasteiger partial charge on any atom is 0.223 e. The molecular weight excluding hydrogens is 484 g/mol. The Bertz CT molecular complexity index is 1250. The number of nitrogens with one attached hydrogen (secondary N) is 2. The first-order valence-corrected chi connectivity index (χ1v) is 12.1. The van der Waals surface area contributed by atoms with Gasteiger partial charge >= 0.3 is 0 Å². The Labute approximate surface area is 199 Å². The Morgan fingerprint density at radius 3 is 2.88 bits per heavy atom. The third-order valence-corrected chi connectivity index (χ3v) is 7.67. The highest BCUT2D eigenvalue weighted by Crippen LogP contribution is 2.46. The average Bonchev–Trinajstić information content (AvgIpc) is 3.56. The number of ether oxygens (including phenoxy) is 1. The molecule has 6 rings (SSSR count). The van der Waals surface area contributed by atoms with Crippen LogP contribution in [-0.4, -0.2) is 53.2 Å². The van der Waals surface area contributed by atoms with E-state index in [2.05, 4.69) is 66.5 Å². The predicted molar refractivity (Wildman–Crippen MR) is 131 cm³/mol. The molecule has 2 bridgehead atoms. The molecule has 1 saturated heterocycles. The summed E-state index contributed by atoms with van der Waals surface area (Å²) in [6, 6.07) is 8.32. The van der Waals surface area contributed by atoms with Gasteiger partial charge in [0.2, 0.25) is 5.91 Å². The lowest BCUT2D eigenvalue weighted by Crippen LogP contribution is -2.41. The molecule has 3 aliphatic rings. The van der Waals surface area contributed by atoms with Crippen LogP contribution in [0.4, 0.5) is 11.4 Å². The highest BCUT2D eigenvalue weighted by Gasteiger charge is 2.47. The van der Waals surface area contributed by atoms with Crippen molar-refractivity contribution in [2.75, 3.05) is 36.5 Å². The lowest BCUT2D eigenvalue weighted by atomic mass is 9.88. The number of morpholine rings is 1. The minimum atomic E-state index is -0.254. The second kappa shape index (κ2) is 8.14. The molecular formula is C24H25BrN6O2. The number of hydrogen-bond acceptors (Lipinski definition) is 6. The zero-order valence-corrected chi connectivity index (χ0v) is 19.6. The van der Waals surface area contributed by atoms with Crippen LogP contribution in [0, 0.1) is 17.8 Å². The van der Waals surface area contributed by atoms with Crippen LogP contribution in [0.1, 0.15) is 6.42 Å². The van der Waals surface area contributed by atoms with Crippen molar-refractivity contribution in [1.82, 2.24) is 15.0 Å². The van der Waals surface area contributed by atoms with Crippen molar-refractivity contribution in [2.45, 2.75) is 12.5 Å². The van der Waals surface area contributed by atoms with E-state index in [0.29, 0.717) is 5.65 Å². The fraction of sp³-hybridized carbons (Fsp3) is 0.375. The Kier molecular flexibility index (Phi) is 5.10. The van der Waals surface area contributed by atoms with Crippen LogP contribution in [0.2, 0.25) is 0 Å². The molecule has 1 saturated carbocycles. The number of pyridine rings is 1. The molecule has 2 aromatic heterocycles. The SMILES string of the molecule is NC(=O)[C@@H]1[C@H](Nc2c(Br)cnc3nc(-c4cccc(N5CCOCC5)c4)[nH]c23)[C@H]2C=C[C@@H]1C2. The summed E-state index contributed by atoms with van der Waals surface area (Å²) in [6.45, 7) is 3.25. The molecule has 170 valence electrons. The van der Waals surface area contributed by atoms with Crippen LogP contribution in [0.15, 0.2) is 47.1 Å². The summed E-state index contributed by atoms with van der Waals surface area (Å²) in [4.78, 5) is 27.3. The lowest BCUT2D eigenvalue weighted by Gasteiger charge is -2.29. The Balaban J connectivity index is 1.35. The number of H-pyrrole nitrogens is 1. The van der Waals surface area contributed by atoms with Gasteiger partial charge in [-0.25, -0.2) is 9.97 Å². The first kappa shape index (κ1) is 20.7. The van der Waals surface area contributed by atoms with Crippen LogP contribution in [0.5, 0.6) is 0 Å². The number of allylic oxidation sites excluding steroid dienone is 1. The summed E-state index contributed by atoms with van der Waals surface area (Å²) in [7, 11) is 0. The minimum absolute atomic E-state index is 0.0456. The molecule has 2 fully saturated rings. The number of aromatic nitrogens is 3. The number of nitrogens with zero attached hydrogens (tertiary/aromatic N) is 3. The van der Waals surface area contributed by atoms with E-state index in [0.717, 1.165) is 65.5 Å². The first-order valence-electron chi connectivity index (χ1n) is 11.3. The minimum Gasteiger partial charge on any atom is -0.378 e. The fourth-order valence-corrected chi connectivity index (χ4v) is 5.87. The molecule has 33 heavy (non-hydrogen) atoms. The number of fused-ring (bicyclic) bond motifs is 3. The van der Waals surface area contributed by atoms with Crippen molar-refractivity contribution < 1.29 is 9.53 Å². The van der Waals surface area contributed by atoms with Crippen molar-refractivity contribution in [2.24, 2.45) is 23.5 Å². The van der Waals surface area contributed by atoms with Gasteiger partial charge in [-0.15, -0.1) is 0 Å². The second-order valence-electron chi connectivity index (χ2n) is 8.96. The van der Waals surface area contributed by atoms with Crippen molar-refractivity contribution in [1.29, 1.82) is 0 Å². The zero-order valence-electron chi connectivity index (χ0n) is 18.0. The maximum absolute atomic E-state index is 12.2. The number of hydrogen-bond donors (Lipinski definition) is 3. The van der Waals surface area contributed by atoms with E-state index in [4.69, 9.17) is 15.5 Å². The molecule has 0 unspecified atom stereocenters. The molecule has 0 spiro atoms. The number of benzene rings is 1. The average molecular weight is 509 g/mol. The van der Waals surface area contributed by atoms with Crippen LogP contribution < -0.4 is 16.0 Å². The highest BCUT2D eigenvalue weighted by molar-refractivity contribution is 9.10. The van der Waals surface area contributed by atoms with Crippen molar-refractivity contribution in [3.63, 3.8) is 0 Å². The number of imidazole rings is 1. The number of carbonyl (C=O) groups excluding carboxylic acids is 1. The molecule has 0 radical (unpaired) electrons. The molecule has 4 N–H and O–H groups in total. The summed E-state index contributed by atoms with van der Waals surface area (Å²) >= 11 is 3.64. The number of anilines is 2. The van der Waals surface area contributed by atoms with Gasteiger partial charge in [0.15, 0.2) is 5.65 Å². The monoisotopic (exact) mass is 508 g/mol. The fourth-order valence-electron chi connectivity index (χ4n) is 5.46. The molecule has 4 atom stereocenters. The van der Waals surface area contributed by atoms with E-state index in [1.165, 1.54) is 0 Å². The van der Waals surface area contributed by atoms with Crippen molar-refractivity contribution >= 4 is 44.4 Å². The first-order chi connectivity index (χ1) is 16.1. The van der Waals surface area contributed by atoms with E-state index in [1.807, 2.05) is 6.07 Å². The summed E-state index contributed by atoms with van der Waals surface area (Å²) in [6.07, 6.45) is 7.04. The number of rotatable bonds is 5.